The molecule has 0 aliphatic heterocycles. The van der Waals surface area contributed by atoms with Gasteiger partial charge in [-0.05, 0) is 29.8 Å². The van der Waals surface area contributed by atoms with Gasteiger partial charge in [-0.25, -0.2) is 18.0 Å². The molecule has 4 rings (SSSR count). The molecule has 2 aromatic heterocycles. The van der Waals surface area contributed by atoms with Gasteiger partial charge in [0.05, 0.1) is 11.2 Å². The Bertz CT molecular complexity index is 1370. The van der Waals surface area contributed by atoms with Crippen LogP contribution in [0.1, 0.15) is 11.3 Å². The molecule has 0 atom stereocenters. The molecule has 0 bridgehead atoms. The van der Waals surface area contributed by atoms with Crippen molar-refractivity contribution in [2.45, 2.75) is 6.42 Å². The highest BCUT2D eigenvalue weighted by molar-refractivity contribution is 6.31. The number of nitrogen functional groups attached to an aromatic ring is 2. The fourth-order valence-corrected chi connectivity index (χ4v) is 3.34. The summed E-state index contributed by atoms with van der Waals surface area (Å²) in [4.78, 5) is 19.0. The highest BCUT2D eigenvalue weighted by Crippen LogP contribution is 2.29. The summed E-state index contributed by atoms with van der Waals surface area (Å²) in [7, 11) is 0. The van der Waals surface area contributed by atoms with Crippen molar-refractivity contribution in [1.82, 2.24) is 19.7 Å². The Morgan fingerprint density at radius 3 is 2.47 bits per heavy atom. The minimum atomic E-state index is -1.41. The first-order valence-corrected chi connectivity index (χ1v) is 9.25. The maximum atomic E-state index is 14.2. The smallest absolute Gasteiger partial charge is 0.409 e. The number of rotatable bonds is 4. The first-order chi connectivity index (χ1) is 15.1. The van der Waals surface area contributed by atoms with Gasteiger partial charge >= 0.3 is 6.09 Å². The van der Waals surface area contributed by atoms with E-state index in [4.69, 9.17) is 28.2 Å². The number of carbonyl (C=O) groups is 1. The summed E-state index contributed by atoms with van der Waals surface area (Å²) in [6, 6.07) is 5.98. The van der Waals surface area contributed by atoms with Crippen LogP contribution in [0, 0.1) is 17.5 Å². The van der Waals surface area contributed by atoms with Crippen molar-refractivity contribution in [3.05, 3.63) is 64.1 Å². The maximum absolute atomic E-state index is 14.2. The molecular formula is C19H13ClF3N7O2. The van der Waals surface area contributed by atoms with E-state index in [-0.39, 0.29) is 40.9 Å². The van der Waals surface area contributed by atoms with Gasteiger partial charge in [0.1, 0.15) is 11.5 Å². The van der Waals surface area contributed by atoms with Crippen molar-refractivity contribution in [3.8, 4) is 5.95 Å². The van der Waals surface area contributed by atoms with Crippen molar-refractivity contribution in [1.29, 1.82) is 0 Å². The summed E-state index contributed by atoms with van der Waals surface area (Å²) in [5, 5.41) is 16.0. The second-order valence-corrected chi connectivity index (χ2v) is 7.09. The number of nitrogens with two attached hydrogens (primary N) is 2. The standard InChI is InChI=1S/C19H13ClF3N7O2/c20-8-1-2-13-10(5-8)12(4-7-3-9(21)6-11(22)14(7)23)29-30(13)18-27-16(24)15(17(25)28-18)26-19(31)32/h1-3,5-6,26H,4H2,(H,31,32)(H4,24,25,27,28). The predicted molar refractivity (Wildman–Crippen MR) is 111 cm³/mol. The lowest BCUT2D eigenvalue weighted by molar-refractivity contribution is 0.209. The predicted octanol–water partition coefficient (Wildman–Crippen LogP) is 3.73. The van der Waals surface area contributed by atoms with Crippen LogP contribution in [-0.2, 0) is 6.42 Å². The van der Waals surface area contributed by atoms with E-state index in [9.17, 15) is 18.0 Å². The molecule has 32 heavy (non-hydrogen) atoms. The molecule has 4 aromatic rings. The lowest BCUT2D eigenvalue weighted by atomic mass is 10.1. The second-order valence-electron chi connectivity index (χ2n) is 6.66. The van der Waals surface area contributed by atoms with E-state index >= 15 is 0 Å². The van der Waals surface area contributed by atoms with Crippen LogP contribution in [0.3, 0.4) is 0 Å². The third kappa shape index (κ3) is 3.83. The number of aromatic nitrogens is 4. The number of amides is 1. The Labute approximate surface area is 182 Å². The maximum Gasteiger partial charge on any atom is 0.409 e. The molecule has 0 aliphatic rings. The summed E-state index contributed by atoms with van der Waals surface area (Å²) in [5.74, 6) is -4.09. The van der Waals surface area contributed by atoms with Gasteiger partial charge in [-0.1, -0.05) is 11.6 Å². The van der Waals surface area contributed by atoms with Gasteiger partial charge < -0.3 is 16.6 Å². The molecule has 0 unspecified atom stereocenters. The lowest BCUT2D eigenvalue weighted by Crippen LogP contribution is -2.16. The van der Waals surface area contributed by atoms with Crippen LogP contribution in [-0.4, -0.2) is 30.9 Å². The minimum Gasteiger partial charge on any atom is -0.465 e. The van der Waals surface area contributed by atoms with Crippen molar-refractivity contribution < 1.29 is 23.1 Å². The number of hydrogen-bond donors (Lipinski definition) is 4. The zero-order valence-electron chi connectivity index (χ0n) is 15.9. The number of fused-ring (bicyclic) bond motifs is 1. The fourth-order valence-electron chi connectivity index (χ4n) is 3.17. The van der Waals surface area contributed by atoms with E-state index in [1.165, 1.54) is 10.7 Å². The van der Waals surface area contributed by atoms with Crippen LogP contribution in [0.15, 0.2) is 30.3 Å². The molecule has 6 N–H and O–H groups in total. The number of hydrogen-bond acceptors (Lipinski definition) is 6. The average molecular weight is 464 g/mol. The SMILES string of the molecule is Nc1nc(-n2nc(Cc3cc(F)cc(F)c3F)c3cc(Cl)ccc32)nc(N)c1NC(=O)O. The van der Waals surface area contributed by atoms with Crippen LogP contribution in [0.2, 0.25) is 5.02 Å². The number of carboxylic acid groups (broad SMARTS) is 1. The molecule has 13 heteroatoms. The van der Waals surface area contributed by atoms with Crippen molar-refractivity contribution >= 4 is 45.9 Å². The zero-order valence-corrected chi connectivity index (χ0v) is 16.7. The van der Waals surface area contributed by atoms with E-state index < -0.39 is 23.5 Å². The van der Waals surface area contributed by atoms with E-state index in [0.717, 1.165) is 6.07 Å². The van der Waals surface area contributed by atoms with E-state index in [1.807, 2.05) is 5.32 Å². The summed E-state index contributed by atoms with van der Waals surface area (Å²) in [6.45, 7) is 0. The molecule has 0 aliphatic carbocycles. The van der Waals surface area contributed by atoms with Crippen molar-refractivity contribution in [3.63, 3.8) is 0 Å². The second kappa shape index (κ2) is 7.89. The van der Waals surface area contributed by atoms with Crippen LogP contribution in [0.4, 0.5) is 35.3 Å². The highest BCUT2D eigenvalue weighted by Gasteiger charge is 2.20. The monoisotopic (exact) mass is 463 g/mol. The Hall–Kier alpha value is -4.06. The minimum absolute atomic E-state index is 0.111. The first-order valence-electron chi connectivity index (χ1n) is 8.88. The molecule has 9 nitrogen and oxygen atoms in total. The van der Waals surface area contributed by atoms with Crippen LogP contribution in [0.5, 0.6) is 0 Å². The molecule has 164 valence electrons. The first kappa shape index (κ1) is 21.2. The number of anilines is 3. The zero-order chi connectivity index (χ0) is 23.2. The molecular weight excluding hydrogens is 451 g/mol. The Morgan fingerprint density at radius 2 is 1.81 bits per heavy atom. The average Bonchev–Trinajstić information content (AvgIpc) is 3.05. The molecule has 1 amide bonds. The summed E-state index contributed by atoms with van der Waals surface area (Å²) in [5.41, 5.74) is 11.8. The molecule has 0 spiro atoms. The van der Waals surface area contributed by atoms with Gasteiger partial charge in [0.2, 0.25) is 0 Å². The fraction of sp³-hybridized carbons (Fsp3) is 0.0526. The summed E-state index contributed by atoms with van der Waals surface area (Å²) in [6.07, 6.45) is -1.68. The molecule has 0 saturated heterocycles. The van der Waals surface area contributed by atoms with Crippen molar-refractivity contribution in [2.24, 2.45) is 0 Å². The summed E-state index contributed by atoms with van der Waals surface area (Å²) < 4.78 is 42.7. The molecule has 0 radical (unpaired) electrons. The topological polar surface area (TPSA) is 145 Å². The third-order valence-corrected chi connectivity index (χ3v) is 4.75. The van der Waals surface area contributed by atoms with Gasteiger partial charge in [-0.3, -0.25) is 5.32 Å². The van der Waals surface area contributed by atoms with Crippen LogP contribution in [0.25, 0.3) is 16.9 Å². The van der Waals surface area contributed by atoms with Crippen LogP contribution >= 0.6 is 11.6 Å². The van der Waals surface area contributed by atoms with E-state index in [2.05, 4.69) is 15.1 Å². The van der Waals surface area contributed by atoms with Gasteiger partial charge in [-0.15, -0.1) is 0 Å². The molecule has 2 heterocycles. The van der Waals surface area contributed by atoms with Crippen molar-refractivity contribution in [2.75, 3.05) is 16.8 Å². The number of halogens is 4. The Balaban J connectivity index is 1.87. The number of benzene rings is 2. The Morgan fingerprint density at radius 1 is 1.12 bits per heavy atom. The number of nitrogens with zero attached hydrogens (tertiary/aromatic N) is 4. The molecule has 2 aromatic carbocycles. The van der Waals surface area contributed by atoms with Gasteiger partial charge in [0.15, 0.2) is 23.3 Å². The molecule has 0 fully saturated rings. The van der Waals surface area contributed by atoms with Gasteiger partial charge in [-0.2, -0.15) is 19.7 Å². The third-order valence-electron chi connectivity index (χ3n) is 4.52. The summed E-state index contributed by atoms with van der Waals surface area (Å²) >= 11 is 6.08. The van der Waals surface area contributed by atoms with Gasteiger partial charge in [0, 0.05) is 22.9 Å². The van der Waals surface area contributed by atoms with E-state index in [1.54, 1.807) is 12.1 Å². The number of nitrogens with one attached hydrogen (secondary N) is 1. The highest BCUT2D eigenvalue weighted by atomic mass is 35.5. The van der Waals surface area contributed by atoms with Gasteiger partial charge in [0.25, 0.3) is 5.95 Å². The lowest BCUT2D eigenvalue weighted by Gasteiger charge is -2.10. The normalized spacial score (nSPS) is 11.1. The van der Waals surface area contributed by atoms with E-state index in [0.29, 0.717) is 22.0 Å². The van der Waals surface area contributed by atoms with Crippen LogP contribution < -0.4 is 16.8 Å². The molecule has 0 saturated carbocycles. The largest absolute Gasteiger partial charge is 0.465 e. The Kier molecular flexibility index (Phi) is 5.22. The quantitative estimate of drug-likeness (QED) is 0.337.